The Bertz CT molecular complexity index is 790. The van der Waals surface area contributed by atoms with E-state index in [0.717, 1.165) is 0 Å². The van der Waals surface area contributed by atoms with Crippen molar-refractivity contribution in [1.29, 1.82) is 0 Å². The van der Waals surface area contributed by atoms with E-state index in [1.165, 1.54) is 22.4 Å². The van der Waals surface area contributed by atoms with Gasteiger partial charge in [0, 0.05) is 11.9 Å². The summed E-state index contributed by atoms with van der Waals surface area (Å²) in [6.45, 7) is 0. The number of para-hydroxylation sites is 1. The highest BCUT2D eigenvalue weighted by Gasteiger charge is 2.25. The minimum atomic E-state index is 0.213. The van der Waals surface area contributed by atoms with Gasteiger partial charge in [0.1, 0.15) is 0 Å². The molecule has 0 saturated carbocycles. The molecule has 0 bridgehead atoms. The SMILES string of the molecule is C1=CN(c2ccccc2)C(c2ccccc2)c2ccccc21. The van der Waals surface area contributed by atoms with Gasteiger partial charge >= 0.3 is 0 Å². The lowest BCUT2D eigenvalue weighted by atomic mass is 9.90. The highest BCUT2D eigenvalue weighted by atomic mass is 15.2. The molecule has 1 aliphatic rings. The molecule has 1 atom stereocenters. The van der Waals surface area contributed by atoms with Gasteiger partial charge in [0.15, 0.2) is 0 Å². The second kappa shape index (κ2) is 5.53. The Morgan fingerprint density at radius 2 is 1.27 bits per heavy atom. The maximum absolute atomic E-state index is 2.34. The minimum Gasteiger partial charge on any atom is -0.336 e. The van der Waals surface area contributed by atoms with Gasteiger partial charge in [-0.25, -0.2) is 0 Å². The number of benzene rings is 3. The van der Waals surface area contributed by atoms with Crippen molar-refractivity contribution in [1.82, 2.24) is 0 Å². The molecule has 1 heteroatoms. The molecule has 1 heterocycles. The zero-order chi connectivity index (χ0) is 14.8. The Kier molecular flexibility index (Phi) is 3.24. The van der Waals surface area contributed by atoms with E-state index in [-0.39, 0.29) is 6.04 Å². The van der Waals surface area contributed by atoms with E-state index in [4.69, 9.17) is 0 Å². The molecule has 4 rings (SSSR count). The summed E-state index contributed by atoms with van der Waals surface area (Å²) in [6.07, 6.45) is 4.39. The van der Waals surface area contributed by atoms with Gasteiger partial charge in [0.25, 0.3) is 0 Å². The van der Waals surface area contributed by atoms with Gasteiger partial charge in [-0.15, -0.1) is 0 Å². The average molecular weight is 283 g/mol. The molecule has 3 aromatic carbocycles. The molecule has 0 amide bonds. The van der Waals surface area contributed by atoms with Crippen LogP contribution in [0, 0.1) is 0 Å². The van der Waals surface area contributed by atoms with Gasteiger partial charge in [-0.1, -0.05) is 72.8 Å². The Labute approximate surface area is 131 Å². The number of rotatable bonds is 2. The molecule has 0 aliphatic carbocycles. The number of nitrogens with zero attached hydrogens (tertiary/aromatic N) is 1. The Morgan fingerprint density at radius 1 is 0.636 bits per heavy atom. The average Bonchev–Trinajstić information content (AvgIpc) is 2.62. The molecule has 22 heavy (non-hydrogen) atoms. The van der Waals surface area contributed by atoms with Crippen molar-refractivity contribution in [2.75, 3.05) is 4.90 Å². The third kappa shape index (κ3) is 2.21. The van der Waals surface area contributed by atoms with Gasteiger partial charge in [0.05, 0.1) is 6.04 Å². The van der Waals surface area contributed by atoms with Crippen LogP contribution in [0.1, 0.15) is 22.7 Å². The lowest BCUT2D eigenvalue weighted by Gasteiger charge is -2.35. The molecule has 0 saturated heterocycles. The molecule has 0 radical (unpaired) electrons. The lowest BCUT2D eigenvalue weighted by molar-refractivity contribution is 0.804. The molecule has 0 fully saturated rings. The van der Waals surface area contributed by atoms with E-state index in [9.17, 15) is 0 Å². The number of hydrogen-bond donors (Lipinski definition) is 0. The molecule has 1 unspecified atom stereocenters. The van der Waals surface area contributed by atoms with Crippen molar-refractivity contribution in [3.05, 3.63) is 108 Å². The quantitative estimate of drug-likeness (QED) is 0.619. The van der Waals surface area contributed by atoms with Crippen LogP contribution in [0.15, 0.2) is 91.1 Å². The highest BCUT2D eigenvalue weighted by Crippen LogP contribution is 2.38. The smallest absolute Gasteiger partial charge is 0.0844 e. The lowest BCUT2D eigenvalue weighted by Crippen LogP contribution is -2.27. The normalized spacial score (nSPS) is 16.4. The summed E-state index contributed by atoms with van der Waals surface area (Å²) >= 11 is 0. The first-order valence-corrected chi connectivity index (χ1v) is 7.59. The van der Waals surface area contributed by atoms with Crippen molar-refractivity contribution in [2.24, 2.45) is 0 Å². The monoisotopic (exact) mass is 283 g/mol. The van der Waals surface area contributed by atoms with Crippen molar-refractivity contribution in [3.8, 4) is 0 Å². The van der Waals surface area contributed by atoms with Gasteiger partial charge in [-0.2, -0.15) is 0 Å². The van der Waals surface area contributed by atoms with E-state index in [1.807, 2.05) is 0 Å². The first-order valence-electron chi connectivity index (χ1n) is 7.59. The van der Waals surface area contributed by atoms with E-state index in [2.05, 4.69) is 102 Å². The van der Waals surface area contributed by atoms with Crippen LogP contribution in [0.25, 0.3) is 6.08 Å². The predicted molar refractivity (Wildman–Crippen MR) is 92.7 cm³/mol. The van der Waals surface area contributed by atoms with Crippen LogP contribution in [0.2, 0.25) is 0 Å². The van der Waals surface area contributed by atoms with Crippen LogP contribution in [-0.4, -0.2) is 0 Å². The fourth-order valence-corrected chi connectivity index (χ4v) is 3.12. The largest absolute Gasteiger partial charge is 0.336 e. The number of fused-ring (bicyclic) bond motifs is 1. The van der Waals surface area contributed by atoms with Crippen LogP contribution < -0.4 is 4.90 Å². The molecular weight excluding hydrogens is 266 g/mol. The predicted octanol–water partition coefficient (Wildman–Crippen LogP) is 5.27. The summed E-state index contributed by atoms with van der Waals surface area (Å²) in [4.78, 5) is 2.34. The van der Waals surface area contributed by atoms with Crippen LogP contribution >= 0.6 is 0 Å². The number of anilines is 1. The summed E-state index contributed by atoms with van der Waals surface area (Å²) in [5, 5.41) is 0. The van der Waals surface area contributed by atoms with Crippen molar-refractivity contribution in [2.45, 2.75) is 6.04 Å². The second-order valence-electron chi connectivity index (χ2n) is 5.50. The molecule has 106 valence electrons. The summed E-state index contributed by atoms with van der Waals surface area (Å²) in [7, 11) is 0. The Balaban J connectivity index is 1.89. The first kappa shape index (κ1) is 12.9. The summed E-state index contributed by atoms with van der Waals surface area (Å²) < 4.78 is 0. The molecule has 1 nitrogen and oxygen atoms in total. The second-order valence-corrected chi connectivity index (χ2v) is 5.50. The first-order chi connectivity index (χ1) is 10.9. The molecule has 0 N–H and O–H groups in total. The molecular formula is C21H17N. The minimum absolute atomic E-state index is 0.213. The third-order valence-electron chi connectivity index (χ3n) is 4.15. The topological polar surface area (TPSA) is 3.24 Å². The third-order valence-corrected chi connectivity index (χ3v) is 4.15. The van der Waals surface area contributed by atoms with Gasteiger partial charge in [-0.3, -0.25) is 0 Å². The van der Waals surface area contributed by atoms with Crippen LogP contribution in [-0.2, 0) is 0 Å². The standard InChI is InChI=1S/C21H17N/c1-3-10-18(11-4-1)21-20-14-8-7-9-17(20)15-16-22(21)19-12-5-2-6-13-19/h1-16,21H. The van der Waals surface area contributed by atoms with Gasteiger partial charge in [0.2, 0.25) is 0 Å². The van der Waals surface area contributed by atoms with E-state index >= 15 is 0 Å². The fraction of sp³-hybridized carbons (Fsp3) is 0.0476. The zero-order valence-electron chi connectivity index (χ0n) is 12.3. The van der Waals surface area contributed by atoms with Crippen molar-refractivity contribution < 1.29 is 0 Å². The maximum atomic E-state index is 2.34. The van der Waals surface area contributed by atoms with Crippen LogP contribution in [0.5, 0.6) is 0 Å². The molecule has 1 aliphatic heterocycles. The van der Waals surface area contributed by atoms with E-state index in [1.54, 1.807) is 0 Å². The highest BCUT2D eigenvalue weighted by molar-refractivity contribution is 5.68. The van der Waals surface area contributed by atoms with Gasteiger partial charge < -0.3 is 4.90 Å². The van der Waals surface area contributed by atoms with Crippen molar-refractivity contribution >= 4 is 11.8 Å². The summed E-state index contributed by atoms with van der Waals surface area (Å²) in [5.41, 5.74) is 5.16. The summed E-state index contributed by atoms with van der Waals surface area (Å²) in [5.74, 6) is 0. The van der Waals surface area contributed by atoms with Crippen LogP contribution in [0.3, 0.4) is 0 Å². The maximum Gasteiger partial charge on any atom is 0.0844 e. The Morgan fingerprint density at radius 3 is 2.05 bits per heavy atom. The van der Waals surface area contributed by atoms with Gasteiger partial charge in [-0.05, 0) is 34.9 Å². The molecule has 0 spiro atoms. The van der Waals surface area contributed by atoms with E-state index < -0.39 is 0 Å². The zero-order valence-corrected chi connectivity index (χ0v) is 12.3. The molecule has 0 aromatic heterocycles. The van der Waals surface area contributed by atoms with Crippen molar-refractivity contribution in [3.63, 3.8) is 0 Å². The fourth-order valence-electron chi connectivity index (χ4n) is 3.12. The summed E-state index contributed by atoms with van der Waals surface area (Å²) in [6, 6.07) is 30.1. The number of hydrogen-bond acceptors (Lipinski definition) is 1. The molecule has 3 aromatic rings. The van der Waals surface area contributed by atoms with E-state index in [0.29, 0.717) is 0 Å². The van der Waals surface area contributed by atoms with Crippen LogP contribution in [0.4, 0.5) is 5.69 Å². The Hall–Kier alpha value is -2.80.